The van der Waals surface area contributed by atoms with E-state index in [0.717, 1.165) is 33.5 Å². The highest BCUT2D eigenvalue weighted by Gasteiger charge is 2.56. The number of hydrogen-bond acceptors (Lipinski definition) is 4. The van der Waals surface area contributed by atoms with E-state index in [1.807, 2.05) is 48.5 Å². The van der Waals surface area contributed by atoms with Crippen molar-refractivity contribution < 1.29 is 14.3 Å². The number of hydrazone groups is 1. The number of nitrogens with zero attached hydrogens (tertiary/aromatic N) is 2. The Balaban J connectivity index is 1.28. The fourth-order valence-electron chi connectivity index (χ4n) is 4.73. The van der Waals surface area contributed by atoms with Crippen molar-refractivity contribution in [1.29, 1.82) is 0 Å². The summed E-state index contributed by atoms with van der Waals surface area (Å²) in [5.41, 5.74) is 1.84. The van der Waals surface area contributed by atoms with Gasteiger partial charge in [0, 0.05) is 4.47 Å². The molecule has 6 heteroatoms. The summed E-state index contributed by atoms with van der Waals surface area (Å²) in [6.45, 7) is 0.454. The fourth-order valence-corrected chi connectivity index (χ4v) is 4.99. The van der Waals surface area contributed by atoms with Crippen LogP contribution < -0.4 is 4.74 Å². The molecule has 152 valence electrons. The predicted molar refractivity (Wildman–Crippen MR) is 117 cm³/mol. The van der Waals surface area contributed by atoms with Crippen LogP contribution in [-0.2, 0) is 16.2 Å². The van der Waals surface area contributed by atoms with E-state index in [9.17, 15) is 9.59 Å². The van der Waals surface area contributed by atoms with Crippen molar-refractivity contribution in [3.63, 3.8) is 0 Å². The average Bonchev–Trinajstić information content (AvgIpc) is 3.05. The third-order valence-electron chi connectivity index (χ3n) is 6.24. The molecular weight excluding hydrogens is 444 g/mol. The van der Waals surface area contributed by atoms with Crippen molar-refractivity contribution in [1.82, 2.24) is 5.01 Å². The van der Waals surface area contributed by atoms with Gasteiger partial charge in [0.15, 0.2) is 0 Å². The third kappa shape index (κ3) is 3.49. The van der Waals surface area contributed by atoms with Crippen LogP contribution in [-0.4, -0.2) is 23.0 Å². The molecule has 2 aromatic carbocycles. The number of imide groups is 1. The second kappa shape index (κ2) is 7.84. The number of ether oxygens (including phenoxy) is 1. The molecular formula is C24H21BrN2O3. The van der Waals surface area contributed by atoms with E-state index < -0.39 is 0 Å². The molecule has 0 spiro atoms. The van der Waals surface area contributed by atoms with Gasteiger partial charge in [0.05, 0.1) is 18.1 Å². The molecule has 0 N–H and O–H groups in total. The first-order valence-electron chi connectivity index (χ1n) is 10.2. The Morgan fingerprint density at radius 2 is 1.67 bits per heavy atom. The largest absolute Gasteiger partial charge is 0.489 e. The molecule has 2 bridgehead atoms. The van der Waals surface area contributed by atoms with Gasteiger partial charge in [0.2, 0.25) is 0 Å². The van der Waals surface area contributed by atoms with Gasteiger partial charge in [-0.3, -0.25) is 9.59 Å². The Kier molecular flexibility index (Phi) is 5.03. The molecule has 0 radical (unpaired) electrons. The van der Waals surface area contributed by atoms with E-state index in [2.05, 4.69) is 33.2 Å². The van der Waals surface area contributed by atoms with Gasteiger partial charge in [-0.05, 0) is 60.1 Å². The molecule has 2 amide bonds. The summed E-state index contributed by atoms with van der Waals surface area (Å²) < 4.78 is 6.89. The summed E-state index contributed by atoms with van der Waals surface area (Å²) in [6.07, 6.45) is 7.75. The van der Waals surface area contributed by atoms with Crippen LogP contribution in [0.5, 0.6) is 5.75 Å². The lowest BCUT2D eigenvalue weighted by Gasteiger charge is -2.37. The van der Waals surface area contributed by atoms with Crippen LogP contribution in [0.4, 0.5) is 0 Å². The van der Waals surface area contributed by atoms with Gasteiger partial charge in [-0.1, -0.05) is 52.3 Å². The van der Waals surface area contributed by atoms with Crippen LogP contribution in [0.1, 0.15) is 24.0 Å². The maximum absolute atomic E-state index is 12.8. The minimum Gasteiger partial charge on any atom is -0.489 e. The van der Waals surface area contributed by atoms with Crippen molar-refractivity contribution in [2.45, 2.75) is 19.4 Å². The third-order valence-corrected chi connectivity index (χ3v) is 6.76. The van der Waals surface area contributed by atoms with Crippen molar-refractivity contribution in [2.24, 2.45) is 28.8 Å². The average molecular weight is 465 g/mol. The summed E-state index contributed by atoms with van der Waals surface area (Å²) in [4.78, 5) is 25.7. The molecule has 2 fully saturated rings. The standard InChI is InChI=1S/C24H21BrN2O3/c25-19-10-4-15(5-11-19)14-30-20-3-1-2-16(12-20)13-26-27-23(28)21-17-6-7-18(9-8-17)22(21)24(27)29/h1-7,10-13,17-18,21-22H,8-9,14H2/b26-13-/t17-,18-,21+,22+/m0/s1. The van der Waals surface area contributed by atoms with Gasteiger partial charge < -0.3 is 4.74 Å². The lowest BCUT2D eigenvalue weighted by molar-refractivity contribution is -0.140. The van der Waals surface area contributed by atoms with Crippen LogP contribution in [0.25, 0.3) is 0 Å². The highest BCUT2D eigenvalue weighted by molar-refractivity contribution is 9.10. The Bertz CT molecular complexity index is 1010. The van der Waals surface area contributed by atoms with Gasteiger partial charge in [-0.15, -0.1) is 0 Å². The first-order valence-corrected chi connectivity index (χ1v) is 11.0. The lowest BCUT2D eigenvalue weighted by Crippen LogP contribution is -2.38. The van der Waals surface area contributed by atoms with Gasteiger partial charge in [-0.2, -0.15) is 10.1 Å². The molecule has 1 aliphatic heterocycles. The van der Waals surface area contributed by atoms with Crippen LogP contribution in [0.2, 0.25) is 0 Å². The van der Waals surface area contributed by atoms with Gasteiger partial charge in [0.25, 0.3) is 11.8 Å². The number of fused-ring (bicyclic) bond motifs is 1. The maximum atomic E-state index is 12.8. The van der Waals surface area contributed by atoms with Crippen molar-refractivity contribution >= 4 is 34.0 Å². The topological polar surface area (TPSA) is 59.0 Å². The monoisotopic (exact) mass is 464 g/mol. The zero-order valence-corrected chi connectivity index (χ0v) is 17.9. The molecule has 1 saturated heterocycles. The van der Waals surface area contributed by atoms with Crippen LogP contribution in [0.15, 0.2) is 70.3 Å². The van der Waals surface area contributed by atoms with Crippen molar-refractivity contribution in [2.75, 3.05) is 0 Å². The Labute approximate surface area is 183 Å². The van der Waals surface area contributed by atoms with E-state index in [1.165, 1.54) is 0 Å². The normalized spacial score (nSPS) is 27.2. The number of halogens is 1. The molecule has 4 aliphatic rings. The molecule has 30 heavy (non-hydrogen) atoms. The van der Waals surface area contributed by atoms with E-state index in [1.54, 1.807) is 6.21 Å². The SMILES string of the molecule is O=C1[C@H]2[C@H](C(=O)N1/N=C\c1cccc(OCc3ccc(Br)cc3)c1)[C@H]1C=C[C@H]2CC1. The number of carbonyl (C=O) groups excluding carboxylic acids is 2. The van der Waals surface area contributed by atoms with E-state index in [4.69, 9.17) is 4.74 Å². The molecule has 1 heterocycles. The molecule has 3 aliphatic carbocycles. The van der Waals surface area contributed by atoms with E-state index >= 15 is 0 Å². The fraction of sp³-hybridized carbons (Fsp3) is 0.292. The molecule has 2 aromatic rings. The number of amides is 2. The van der Waals surface area contributed by atoms with Gasteiger partial charge in [0.1, 0.15) is 12.4 Å². The summed E-state index contributed by atoms with van der Waals surface area (Å²) in [6, 6.07) is 15.4. The maximum Gasteiger partial charge on any atom is 0.254 e. The predicted octanol–water partition coefficient (Wildman–Crippen LogP) is 4.56. The Morgan fingerprint density at radius 3 is 2.30 bits per heavy atom. The van der Waals surface area contributed by atoms with Crippen molar-refractivity contribution in [3.8, 4) is 5.75 Å². The van der Waals surface area contributed by atoms with Crippen molar-refractivity contribution in [3.05, 3.63) is 76.3 Å². The number of hydrogen-bond donors (Lipinski definition) is 0. The Hall–Kier alpha value is -2.73. The highest BCUT2D eigenvalue weighted by atomic mass is 79.9. The van der Waals surface area contributed by atoms with Gasteiger partial charge in [-0.25, -0.2) is 0 Å². The lowest BCUT2D eigenvalue weighted by atomic mass is 9.63. The molecule has 5 nitrogen and oxygen atoms in total. The van der Waals surface area contributed by atoms with Crippen LogP contribution in [0.3, 0.4) is 0 Å². The smallest absolute Gasteiger partial charge is 0.254 e. The minimum absolute atomic E-state index is 0.164. The number of rotatable bonds is 5. The Morgan fingerprint density at radius 1 is 1.00 bits per heavy atom. The number of benzene rings is 2. The van der Waals surface area contributed by atoms with Crippen LogP contribution >= 0.6 is 15.9 Å². The summed E-state index contributed by atoms with van der Waals surface area (Å²) >= 11 is 3.42. The zero-order valence-electron chi connectivity index (χ0n) is 16.3. The molecule has 0 aromatic heterocycles. The first kappa shape index (κ1) is 19.2. The molecule has 6 rings (SSSR count). The summed E-state index contributed by atoms with van der Waals surface area (Å²) in [5.74, 6) is 0.250. The summed E-state index contributed by atoms with van der Waals surface area (Å²) in [7, 11) is 0. The first-order chi connectivity index (χ1) is 14.6. The second-order valence-corrected chi connectivity index (χ2v) is 8.98. The highest BCUT2D eigenvalue weighted by Crippen LogP contribution is 2.49. The quantitative estimate of drug-likeness (QED) is 0.370. The number of allylic oxidation sites excluding steroid dienone is 2. The summed E-state index contributed by atoms with van der Waals surface area (Å²) in [5, 5.41) is 5.35. The van der Waals surface area contributed by atoms with E-state index in [0.29, 0.717) is 12.4 Å². The zero-order chi connectivity index (χ0) is 20.7. The number of carbonyl (C=O) groups is 2. The molecule has 0 unspecified atom stereocenters. The van der Waals surface area contributed by atoms with Gasteiger partial charge >= 0.3 is 0 Å². The van der Waals surface area contributed by atoms with E-state index in [-0.39, 0.29) is 35.5 Å². The second-order valence-electron chi connectivity index (χ2n) is 8.06. The minimum atomic E-state index is -0.237. The van der Waals surface area contributed by atoms with Crippen LogP contribution in [0, 0.1) is 23.7 Å². The molecule has 1 saturated carbocycles. The molecule has 4 atom stereocenters.